The largest absolute Gasteiger partial charge is 0.300 e. The van der Waals surface area contributed by atoms with E-state index in [1.165, 1.54) is 13.8 Å². The van der Waals surface area contributed by atoms with Gasteiger partial charge in [-0.25, -0.2) is 4.90 Å². The van der Waals surface area contributed by atoms with Crippen LogP contribution in [0.1, 0.15) is 34.6 Å². The SMILES string of the molecule is CC(C)=O.O=C1c2c(Cl)c(Cl)c(Cl)c(Cl)c2C(=O)N1c1cccc2ccccc12. The molecule has 0 unspecified atom stereocenters. The molecule has 0 radical (unpaired) electrons. The van der Waals surface area contributed by atoms with Gasteiger partial charge in [0.2, 0.25) is 0 Å². The molecule has 29 heavy (non-hydrogen) atoms. The second-order valence-corrected chi connectivity index (χ2v) is 7.87. The van der Waals surface area contributed by atoms with Crippen molar-refractivity contribution in [3.63, 3.8) is 0 Å². The molecule has 0 atom stereocenters. The monoisotopic (exact) mass is 467 g/mol. The van der Waals surface area contributed by atoms with Gasteiger partial charge in [-0.15, -0.1) is 0 Å². The van der Waals surface area contributed by atoms with Crippen LogP contribution >= 0.6 is 46.4 Å². The third-order valence-electron chi connectivity index (χ3n) is 4.11. The highest BCUT2D eigenvalue weighted by atomic mass is 35.5. The number of nitrogens with zero attached hydrogens (tertiary/aromatic N) is 1. The maximum Gasteiger partial charge on any atom is 0.267 e. The zero-order valence-electron chi connectivity index (χ0n) is 15.2. The van der Waals surface area contributed by atoms with Gasteiger partial charge in [-0.1, -0.05) is 82.8 Å². The minimum Gasteiger partial charge on any atom is -0.300 e. The summed E-state index contributed by atoms with van der Waals surface area (Å²) in [5.74, 6) is -0.997. The molecule has 0 spiro atoms. The topological polar surface area (TPSA) is 54.5 Å². The van der Waals surface area contributed by atoms with Gasteiger partial charge >= 0.3 is 0 Å². The van der Waals surface area contributed by atoms with Crippen molar-refractivity contribution in [2.24, 2.45) is 0 Å². The summed E-state index contributed by atoms with van der Waals surface area (Å²) < 4.78 is 0. The number of amides is 2. The summed E-state index contributed by atoms with van der Waals surface area (Å²) in [6.45, 7) is 3.06. The van der Waals surface area contributed by atoms with Gasteiger partial charge in [-0.2, -0.15) is 0 Å². The fourth-order valence-corrected chi connectivity index (χ4v) is 3.99. The van der Waals surface area contributed by atoms with Crippen LogP contribution in [0.2, 0.25) is 20.1 Å². The summed E-state index contributed by atoms with van der Waals surface area (Å²) in [5.41, 5.74) is 0.390. The number of halogens is 4. The van der Waals surface area contributed by atoms with Gasteiger partial charge in [0.25, 0.3) is 11.8 Å². The summed E-state index contributed by atoms with van der Waals surface area (Å²) in [6.07, 6.45) is 0. The van der Waals surface area contributed by atoms with Gasteiger partial charge < -0.3 is 4.79 Å². The Morgan fingerprint density at radius 1 is 0.724 bits per heavy atom. The molecule has 0 saturated carbocycles. The van der Waals surface area contributed by atoms with Gasteiger partial charge in [-0.05, 0) is 25.3 Å². The standard InChI is InChI=1S/C18H7Cl4NO2.C3H6O/c19-13-11-12(14(20)16(22)15(13)21)18(25)23(17(11)24)10-7-3-5-8-4-1-2-6-9(8)10;1-3(2)4/h1-7H;1-2H3. The van der Waals surface area contributed by atoms with Crippen LogP contribution in [0.15, 0.2) is 42.5 Å². The van der Waals surface area contributed by atoms with Crippen molar-refractivity contribution in [3.8, 4) is 0 Å². The first-order chi connectivity index (χ1) is 13.7. The Kier molecular flexibility index (Phi) is 6.20. The van der Waals surface area contributed by atoms with E-state index in [9.17, 15) is 14.4 Å². The molecule has 4 nitrogen and oxygen atoms in total. The molecule has 148 valence electrons. The van der Waals surface area contributed by atoms with Crippen molar-refractivity contribution < 1.29 is 14.4 Å². The zero-order chi connectivity index (χ0) is 21.5. The van der Waals surface area contributed by atoms with Crippen LogP contribution in [-0.4, -0.2) is 17.6 Å². The lowest BCUT2D eigenvalue weighted by Crippen LogP contribution is -2.29. The molecule has 0 fully saturated rings. The van der Waals surface area contributed by atoms with E-state index in [1.54, 1.807) is 12.1 Å². The van der Waals surface area contributed by atoms with Gasteiger partial charge in [0.15, 0.2) is 0 Å². The molecule has 8 heteroatoms. The maximum atomic E-state index is 12.9. The van der Waals surface area contributed by atoms with Crippen LogP contribution in [0, 0.1) is 0 Å². The molecular weight excluding hydrogens is 456 g/mol. The summed E-state index contributed by atoms with van der Waals surface area (Å²) in [4.78, 5) is 36.4. The number of hydrogen-bond donors (Lipinski definition) is 0. The molecule has 2 amide bonds. The number of hydrogen-bond acceptors (Lipinski definition) is 3. The molecule has 0 N–H and O–H groups in total. The van der Waals surface area contributed by atoms with Gasteiger partial charge in [0, 0.05) is 5.39 Å². The zero-order valence-corrected chi connectivity index (χ0v) is 18.2. The van der Waals surface area contributed by atoms with Crippen LogP contribution in [0.3, 0.4) is 0 Å². The van der Waals surface area contributed by atoms with Crippen LogP contribution in [0.5, 0.6) is 0 Å². The number of carbonyl (C=O) groups is 3. The van der Waals surface area contributed by atoms with E-state index in [4.69, 9.17) is 46.4 Å². The number of fused-ring (bicyclic) bond motifs is 2. The molecule has 4 rings (SSSR count). The maximum absolute atomic E-state index is 12.9. The first-order valence-electron chi connectivity index (χ1n) is 8.36. The second kappa shape index (κ2) is 8.33. The average Bonchev–Trinajstić information content (AvgIpc) is 2.94. The summed E-state index contributed by atoms with van der Waals surface area (Å²) >= 11 is 24.4. The van der Waals surface area contributed by atoms with Crippen molar-refractivity contribution in [2.45, 2.75) is 13.8 Å². The lowest BCUT2D eigenvalue weighted by Gasteiger charge is -2.16. The lowest BCUT2D eigenvalue weighted by molar-refractivity contribution is -0.115. The van der Waals surface area contributed by atoms with Crippen molar-refractivity contribution in [2.75, 3.05) is 4.90 Å². The minimum atomic E-state index is -0.582. The van der Waals surface area contributed by atoms with Crippen LogP contribution in [0.4, 0.5) is 5.69 Å². The molecular formula is C21H13Cl4NO3. The van der Waals surface area contributed by atoms with Gasteiger partial charge in [-0.3, -0.25) is 9.59 Å². The average molecular weight is 469 g/mol. The Hall–Kier alpha value is -2.11. The Labute approximate surface area is 186 Å². The third-order valence-corrected chi connectivity index (χ3v) is 5.91. The van der Waals surface area contributed by atoms with E-state index in [0.717, 1.165) is 15.7 Å². The smallest absolute Gasteiger partial charge is 0.267 e. The number of Topliss-reactive ketones (excluding diaryl/α,β-unsaturated/α-hetero) is 1. The number of imide groups is 1. The molecule has 3 aromatic carbocycles. The molecule has 0 bridgehead atoms. The summed E-state index contributed by atoms with van der Waals surface area (Å²) in [6, 6.07) is 12.8. The van der Waals surface area contributed by atoms with Crippen molar-refractivity contribution in [1.82, 2.24) is 0 Å². The lowest BCUT2D eigenvalue weighted by atomic mass is 10.1. The quantitative estimate of drug-likeness (QED) is 0.223. The van der Waals surface area contributed by atoms with Crippen LogP contribution in [-0.2, 0) is 4.79 Å². The number of anilines is 1. The molecule has 0 aliphatic carbocycles. The van der Waals surface area contributed by atoms with Gasteiger partial charge in [0.1, 0.15) is 5.78 Å². The van der Waals surface area contributed by atoms with E-state index in [0.29, 0.717) is 5.69 Å². The van der Waals surface area contributed by atoms with Crippen LogP contribution in [0.25, 0.3) is 10.8 Å². The third kappa shape index (κ3) is 3.74. The van der Waals surface area contributed by atoms with E-state index in [2.05, 4.69) is 0 Å². The van der Waals surface area contributed by atoms with E-state index >= 15 is 0 Å². The van der Waals surface area contributed by atoms with Crippen molar-refractivity contribution in [1.29, 1.82) is 0 Å². The summed E-state index contributed by atoms with van der Waals surface area (Å²) in [5, 5.41) is 1.40. The van der Waals surface area contributed by atoms with Crippen molar-refractivity contribution >= 4 is 80.5 Å². The number of benzene rings is 3. The van der Waals surface area contributed by atoms with Gasteiger partial charge in [0.05, 0.1) is 36.9 Å². The normalized spacial score (nSPS) is 12.7. The Morgan fingerprint density at radius 3 is 1.69 bits per heavy atom. The highest BCUT2D eigenvalue weighted by Crippen LogP contribution is 2.46. The molecule has 1 aliphatic rings. The minimum absolute atomic E-state index is 0.0287. The van der Waals surface area contributed by atoms with E-state index < -0.39 is 11.8 Å². The van der Waals surface area contributed by atoms with Crippen LogP contribution < -0.4 is 4.90 Å². The number of rotatable bonds is 1. The predicted octanol–water partition coefficient (Wildman–Crippen LogP) is 6.85. The van der Waals surface area contributed by atoms with E-state index in [-0.39, 0.29) is 37.0 Å². The molecule has 3 aromatic rings. The second-order valence-electron chi connectivity index (χ2n) is 6.36. The Morgan fingerprint density at radius 2 is 1.17 bits per heavy atom. The first kappa shape index (κ1) is 21.6. The fourth-order valence-electron chi connectivity index (χ4n) is 2.97. The molecule has 0 aromatic heterocycles. The number of ketones is 1. The van der Waals surface area contributed by atoms with Crippen molar-refractivity contribution in [3.05, 3.63) is 73.7 Å². The molecule has 1 aliphatic heterocycles. The fraction of sp³-hybridized carbons (Fsp3) is 0.0952. The molecule has 1 heterocycles. The Bertz CT molecular complexity index is 1130. The Balaban J connectivity index is 0.000000552. The predicted molar refractivity (Wildman–Crippen MR) is 118 cm³/mol. The highest BCUT2D eigenvalue weighted by Gasteiger charge is 2.42. The highest BCUT2D eigenvalue weighted by molar-refractivity contribution is 6.56. The molecule has 0 saturated heterocycles. The number of carbonyl (C=O) groups excluding carboxylic acids is 3. The van der Waals surface area contributed by atoms with E-state index in [1.807, 2.05) is 30.3 Å². The first-order valence-corrected chi connectivity index (χ1v) is 9.87. The summed E-state index contributed by atoms with van der Waals surface area (Å²) in [7, 11) is 0.